The number of hydrogen-bond donors (Lipinski definition) is 1. The first-order valence-corrected chi connectivity index (χ1v) is 11.5. The number of benzene rings is 1. The van der Waals surface area contributed by atoms with Gasteiger partial charge in [0.05, 0.1) is 0 Å². The van der Waals surface area contributed by atoms with Crippen LogP contribution in [-0.4, -0.2) is 68.4 Å². The fourth-order valence-corrected chi connectivity index (χ4v) is 3.89. The highest BCUT2D eigenvalue weighted by Gasteiger charge is 2.31. The van der Waals surface area contributed by atoms with Crippen LogP contribution in [0.15, 0.2) is 54.1 Å². The Hall–Kier alpha value is -3.85. The summed E-state index contributed by atoms with van der Waals surface area (Å²) in [6.07, 6.45) is 0. The molecule has 1 saturated heterocycles. The normalized spacial score (nSPS) is 15.4. The summed E-state index contributed by atoms with van der Waals surface area (Å²) < 4.78 is 5.04. The third-order valence-electron chi connectivity index (χ3n) is 5.47. The molecule has 3 aromatic rings. The molecule has 1 N–H and O–H groups in total. The van der Waals surface area contributed by atoms with Gasteiger partial charge in [-0.15, -0.1) is 13.2 Å². The lowest BCUT2D eigenvalue weighted by Crippen LogP contribution is -2.53. The van der Waals surface area contributed by atoms with Crippen LogP contribution in [0.25, 0.3) is 11.1 Å². The Bertz CT molecular complexity index is 1180. The summed E-state index contributed by atoms with van der Waals surface area (Å²) >= 11 is 0. The maximum atomic E-state index is 13.3. The zero-order valence-electron chi connectivity index (χ0n) is 20.7. The van der Waals surface area contributed by atoms with Crippen molar-refractivity contribution in [1.29, 1.82) is 0 Å². The Morgan fingerprint density at radius 1 is 1.11 bits per heavy atom. The van der Waals surface area contributed by atoms with Gasteiger partial charge in [-0.05, 0) is 31.0 Å². The first kappa shape index (κ1) is 27.4. The number of piperazine rings is 1. The van der Waals surface area contributed by atoms with Crippen LogP contribution >= 0.6 is 0 Å². The van der Waals surface area contributed by atoms with Gasteiger partial charge in [0.1, 0.15) is 11.2 Å². The number of carbonyl (C=O) groups is 3. The SMILES string of the molecule is C=C.CC.Cc1cc2onc(C(=O)C(=O)O)c2nc1C(=O)N1CCN(Cc2ccccc2)CC1C. The van der Waals surface area contributed by atoms with Gasteiger partial charge in [-0.2, -0.15) is 0 Å². The number of hydrogen-bond acceptors (Lipinski definition) is 7. The summed E-state index contributed by atoms with van der Waals surface area (Å²) in [6.45, 7) is 16.5. The van der Waals surface area contributed by atoms with Crippen LogP contribution in [0, 0.1) is 6.92 Å². The van der Waals surface area contributed by atoms with Crippen LogP contribution in [0.1, 0.15) is 52.9 Å². The van der Waals surface area contributed by atoms with Crippen molar-refractivity contribution in [2.75, 3.05) is 19.6 Å². The van der Waals surface area contributed by atoms with E-state index in [1.807, 2.05) is 39.0 Å². The van der Waals surface area contributed by atoms with E-state index >= 15 is 0 Å². The molecular weight excluding hydrogens is 448 g/mol. The van der Waals surface area contributed by atoms with Gasteiger partial charge in [-0.3, -0.25) is 14.5 Å². The zero-order valence-corrected chi connectivity index (χ0v) is 20.7. The van der Waals surface area contributed by atoms with Gasteiger partial charge in [0.25, 0.3) is 11.7 Å². The molecule has 3 heterocycles. The molecule has 0 aliphatic carbocycles. The number of pyridine rings is 1. The molecule has 0 saturated carbocycles. The molecule has 1 aliphatic rings. The number of nitrogens with zero attached hydrogens (tertiary/aromatic N) is 4. The molecule has 0 spiro atoms. The Labute approximate surface area is 205 Å². The highest BCUT2D eigenvalue weighted by molar-refractivity contribution is 6.41. The Kier molecular flexibility index (Phi) is 9.84. The Morgan fingerprint density at radius 3 is 2.37 bits per heavy atom. The third-order valence-corrected chi connectivity index (χ3v) is 5.47. The minimum Gasteiger partial charge on any atom is -0.475 e. The van der Waals surface area contributed by atoms with Gasteiger partial charge in [-0.1, -0.05) is 49.3 Å². The summed E-state index contributed by atoms with van der Waals surface area (Å²) in [7, 11) is 0. The van der Waals surface area contributed by atoms with Crippen LogP contribution < -0.4 is 0 Å². The summed E-state index contributed by atoms with van der Waals surface area (Å²) in [5.41, 5.74) is 1.70. The van der Waals surface area contributed by atoms with E-state index < -0.39 is 17.4 Å². The van der Waals surface area contributed by atoms with E-state index in [1.54, 1.807) is 17.9 Å². The molecule has 1 aliphatic heterocycles. The standard InChI is InChI=1S/C22H22N4O5.C2H6.C2H4/c1-13-10-16-18(19(24-31-16)20(27)22(29)30)23-17(13)21(28)26-9-8-25(11-14(26)2)12-15-6-4-3-5-7-15;2*1-2/h3-7,10,14H,8-9,11-12H2,1-2H3,(H,29,30);1-2H3;1-2H2. The molecule has 1 aromatic carbocycles. The van der Waals surface area contributed by atoms with Gasteiger partial charge in [0.15, 0.2) is 11.3 Å². The number of carboxylic acid groups (broad SMARTS) is 1. The largest absolute Gasteiger partial charge is 0.475 e. The van der Waals surface area contributed by atoms with E-state index in [0.29, 0.717) is 12.1 Å². The number of Topliss-reactive ketones (excluding diaryl/α,β-unsaturated/α-hetero) is 1. The molecule has 0 radical (unpaired) electrons. The quantitative estimate of drug-likeness (QED) is 0.331. The fourth-order valence-electron chi connectivity index (χ4n) is 3.89. The number of carboxylic acids is 1. The van der Waals surface area contributed by atoms with E-state index in [9.17, 15) is 14.4 Å². The number of carbonyl (C=O) groups excluding carboxylic acids is 2. The van der Waals surface area contributed by atoms with Crippen molar-refractivity contribution in [3.05, 3.63) is 72.1 Å². The second kappa shape index (κ2) is 12.6. The average Bonchev–Trinajstić information content (AvgIpc) is 3.28. The first-order chi connectivity index (χ1) is 16.8. The highest BCUT2D eigenvalue weighted by Crippen LogP contribution is 2.23. The smallest absolute Gasteiger partial charge is 0.379 e. The lowest BCUT2D eigenvalue weighted by Gasteiger charge is -2.40. The minimum absolute atomic E-state index is 0.0169. The fraction of sp³-hybridized carbons (Fsp3) is 0.346. The molecule has 1 unspecified atom stereocenters. The third kappa shape index (κ3) is 6.19. The van der Waals surface area contributed by atoms with Crippen molar-refractivity contribution in [3.63, 3.8) is 0 Å². The van der Waals surface area contributed by atoms with Crippen molar-refractivity contribution in [2.45, 2.75) is 40.3 Å². The number of rotatable bonds is 5. The van der Waals surface area contributed by atoms with E-state index in [4.69, 9.17) is 9.63 Å². The number of aliphatic carboxylic acids is 1. The number of aromatic nitrogens is 2. The Morgan fingerprint density at radius 2 is 1.77 bits per heavy atom. The number of aryl methyl sites for hydroxylation is 1. The van der Waals surface area contributed by atoms with Crippen LogP contribution in [0.2, 0.25) is 0 Å². The van der Waals surface area contributed by atoms with Gasteiger partial charge in [-0.25, -0.2) is 9.78 Å². The molecule has 9 heteroatoms. The molecule has 9 nitrogen and oxygen atoms in total. The predicted octanol–water partition coefficient (Wildman–Crippen LogP) is 3.97. The second-order valence-corrected chi connectivity index (χ2v) is 7.73. The van der Waals surface area contributed by atoms with Crippen LogP contribution in [0.4, 0.5) is 0 Å². The van der Waals surface area contributed by atoms with Crippen LogP contribution in [0.3, 0.4) is 0 Å². The Balaban J connectivity index is 0.00000103. The molecule has 35 heavy (non-hydrogen) atoms. The molecule has 1 atom stereocenters. The van der Waals surface area contributed by atoms with E-state index in [0.717, 1.165) is 19.6 Å². The van der Waals surface area contributed by atoms with Gasteiger partial charge in [0, 0.05) is 32.2 Å². The summed E-state index contributed by atoms with van der Waals surface area (Å²) in [5.74, 6) is -3.15. The highest BCUT2D eigenvalue weighted by atomic mass is 16.5. The molecule has 2 aromatic heterocycles. The molecular formula is C26H32N4O5. The van der Waals surface area contributed by atoms with Crippen LogP contribution in [-0.2, 0) is 11.3 Å². The van der Waals surface area contributed by atoms with Gasteiger partial charge < -0.3 is 14.5 Å². The zero-order chi connectivity index (χ0) is 26.1. The predicted molar refractivity (Wildman–Crippen MR) is 133 cm³/mol. The van der Waals surface area contributed by atoms with E-state index in [2.05, 4.69) is 40.3 Å². The first-order valence-electron chi connectivity index (χ1n) is 11.5. The number of amides is 1. The van der Waals surface area contributed by atoms with Crippen LogP contribution in [0.5, 0.6) is 0 Å². The monoisotopic (exact) mass is 480 g/mol. The van der Waals surface area contributed by atoms with Gasteiger partial charge >= 0.3 is 5.97 Å². The number of ketones is 1. The topological polar surface area (TPSA) is 117 Å². The van der Waals surface area contributed by atoms with E-state index in [-0.39, 0.29) is 28.7 Å². The van der Waals surface area contributed by atoms with Crippen molar-refractivity contribution in [2.24, 2.45) is 0 Å². The lowest BCUT2D eigenvalue weighted by molar-refractivity contribution is -0.131. The van der Waals surface area contributed by atoms with Crippen molar-refractivity contribution in [1.82, 2.24) is 19.9 Å². The molecule has 186 valence electrons. The maximum absolute atomic E-state index is 13.3. The minimum atomic E-state index is -1.66. The second-order valence-electron chi connectivity index (χ2n) is 7.73. The average molecular weight is 481 g/mol. The van der Waals surface area contributed by atoms with Gasteiger partial charge in [0.2, 0.25) is 0 Å². The molecule has 1 fully saturated rings. The summed E-state index contributed by atoms with van der Waals surface area (Å²) in [6, 6.07) is 11.7. The van der Waals surface area contributed by atoms with Crippen molar-refractivity contribution >= 4 is 28.8 Å². The molecule has 4 rings (SSSR count). The summed E-state index contributed by atoms with van der Waals surface area (Å²) in [4.78, 5) is 44.5. The van der Waals surface area contributed by atoms with E-state index in [1.165, 1.54) is 5.56 Å². The maximum Gasteiger partial charge on any atom is 0.379 e. The summed E-state index contributed by atoms with van der Waals surface area (Å²) in [5, 5.41) is 12.5. The number of fused-ring (bicyclic) bond motifs is 1. The lowest BCUT2D eigenvalue weighted by atomic mass is 10.1. The van der Waals surface area contributed by atoms with Crippen molar-refractivity contribution < 1.29 is 24.0 Å². The van der Waals surface area contributed by atoms with Crippen molar-refractivity contribution in [3.8, 4) is 0 Å². The molecule has 0 bridgehead atoms. The molecule has 1 amide bonds.